The van der Waals surface area contributed by atoms with E-state index in [1.165, 1.54) is 5.56 Å². The number of nitrogens with one attached hydrogen (secondary N) is 1. The van der Waals surface area contributed by atoms with Crippen LogP contribution in [0.3, 0.4) is 0 Å². The fourth-order valence-corrected chi connectivity index (χ4v) is 3.98. The van der Waals surface area contributed by atoms with E-state index in [0.717, 1.165) is 36.1 Å². The molecule has 2 atom stereocenters. The van der Waals surface area contributed by atoms with Crippen LogP contribution in [0.4, 0.5) is 5.82 Å². The Labute approximate surface area is 147 Å². The number of aromatic amines is 1. The van der Waals surface area contributed by atoms with Gasteiger partial charge in [-0.2, -0.15) is 0 Å². The fourth-order valence-electron chi connectivity index (χ4n) is 3.98. The molecule has 25 heavy (non-hydrogen) atoms. The summed E-state index contributed by atoms with van der Waals surface area (Å²) in [6.07, 6.45) is 2.29. The number of anilines is 1. The molecule has 1 fully saturated rings. The van der Waals surface area contributed by atoms with Crippen molar-refractivity contribution in [3.8, 4) is 0 Å². The van der Waals surface area contributed by atoms with Crippen LogP contribution < -0.4 is 10.6 Å². The van der Waals surface area contributed by atoms with Gasteiger partial charge in [0.15, 0.2) is 0 Å². The number of piperidine rings is 1. The van der Waals surface area contributed by atoms with Crippen molar-refractivity contribution in [1.29, 1.82) is 0 Å². The van der Waals surface area contributed by atoms with Crippen molar-refractivity contribution in [1.82, 2.24) is 4.98 Å². The van der Waals surface area contributed by atoms with Gasteiger partial charge in [0.25, 0.3) is 0 Å². The van der Waals surface area contributed by atoms with E-state index in [-0.39, 0.29) is 5.91 Å². The summed E-state index contributed by atoms with van der Waals surface area (Å²) in [5, 5.41) is 1.03. The van der Waals surface area contributed by atoms with Gasteiger partial charge in [-0.05, 0) is 55.5 Å². The normalized spacial score (nSPS) is 20.8. The molecule has 128 valence electrons. The molecule has 0 aliphatic carbocycles. The van der Waals surface area contributed by atoms with Crippen molar-refractivity contribution < 1.29 is 4.79 Å². The maximum Gasteiger partial charge on any atom is 0.248 e. The van der Waals surface area contributed by atoms with Gasteiger partial charge in [0.05, 0.1) is 0 Å². The van der Waals surface area contributed by atoms with Crippen LogP contribution in [-0.2, 0) is 0 Å². The Morgan fingerprint density at radius 3 is 2.68 bits per heavy atom. The van der Waals surface area contributed by atoms with Gasteiger partial charge in [-0.25, -0.2) is 0 Å². The predicted molar refractivity (Wildman–Crippen MR) is 102 cm³/mol. The maximum atomic E-state index is 11.4. The minimum atomic E-state index is -0.387. The molecular formula is C21H23N3O. The zero-order chi connectivity index (χ0) is 17.4. The standard InChI is InChI=1S/C21H23N3O/c1-14-11-16(15-5-3-2-4-6-15)9-10-24(14)20-13-18-12-17(21(22)25)7-8-19(18)23-20/h2-8,12-14,16,23H,9-11H2,1H3,(H2,22,25)/t14-,16-/m1/s1. The fraction of sp³-hybridized carbons (Fsp3) is 0.286. The molecule has 4 heteroatoms. The van der Waals surface area contributed by atoms with Crippen LogP contribution >= 0.6 is 0 Å². The highest BCUT2D eigenvalue weighted by Crippen LogP contribution is 2.34. The van der Waals surface area contributed by atoms with Crippen molar-refractivity contribution in [3.05, 3.63) is 65.7 Å². The van der Waals surface area contributed by atoms with Crippen LogP contribution in [0.15, 0.2) is 54.6 Å². The quantitative estimate of drug-likeness (QED) is 0.760. The Morgan fingerprint density at radius 1 is 1.16 bits per heavy atom. The zero-order valence-corrected chi connectivity index (χ0v) is 14.4. The summed E-state index contributed by atoms with van der Waals surface area (Å²) >= 11 is 0. The van der Waals surface area contributed by atoms with Gasteiger partial charge in [-0.3, -0.25) is 4.79 Å². The minimum Gasteiger partial charge on any atom is -0.366 e. The second-order valence-electron chi connectivity index (χ2n) is 7.00. The van der Waals surface area contributed by atoms with Crippen LogP contribution in [0.5, 0.6) is 0 Å². The summed E-state index contributed by atoms with van der Waals surface area (Å²) in [5.74, 6) is 1.36. The molecule has 1 aliphatic rings. The number of hydrogen-bond donors (Lipinski definition) is 2. The predicted octanol–water partition coefficient (Wildman–Crippen LogP) is 4.04. The van der Waals surface area contributed by atoms with Crippen molar-refractivity contribution >= 4 is 22.6 Å². The molecule has 2 aromatic carbocycles. The second-order valence-corrected chi connectivity index (χ2v) is 7.00. The van der Waals surface area contributed by atoms with Gasteiger partial charge in [-0.15, -0.1) is 0 Å². The number of hydrogen-bond acceptors (Lipinski definition) is 2. The Morgan fingerprint density at radius 2 is 1.96 bits per heavy atom. The number of nitrogens with zero attached hydrogens (tertiary/aromatic N) is 1. The largest absolute Gasteiger partial charge is 0.366 e. The van der Waals surface area contributed by atoms with E-state index in [1.54, 1.807) is 6.07 Å². The number of aromatic nitrogens is 1. The zero-order valence-electron chi connectivity index (χ0n) is 14.4. The van der Waals surface area contributed by atoms with Gasteiger partial charge in [0.1, 0.15) is 5.82 Å². The molecular weight excluding hydrogens is 310 g/mol. The van der Waals surface area contributed by atoms with E-state index in [4.69, 9.17) is 5.73 Å². The van der Waals surface area contributed by atoms with Crippen molar-refractivity contribution in [3.63, 3.8) is 0 Å². The lowest BCUT2D eigenvalue weighted by Gasteiger charge is -2.38. The van der Waals surface area contributed by atoms with Crippen LogP contribution in [0.25, 0.3) is 10.9 Å². The molecule has 0 saturated carbocycles. The summed E-state index contributed by atoms with van der Waals surface area (Å²) in [6, 6.07) is 19.0. The SMILES string of the molecule is C[C@@H]1C[C@H](c2ccccc2)CCN1c1cc2cc(C(N)=O)ccc2[nH]1. The first-order valence-electron chi connectivity index (χ1n) is 8.86. The number of carbonyl (C=O) groups is 1. The molecule has 2 heterocycles. The maximum absolute atomic E-state index is 11.4. The number of rotatable bonds is 3. The number of fused-ring (bicyclic) bond motifs is 1. The molecule has 1 aliphatic heterocycles. The number of carbonyl (C=O) groups excluding carboxylic acids is 1. The van der Waals surface area contributed by atoms with E-state index < -0.39 is 0 Å². The van der Waals surface area contributed by atoms with Crippen LogP contribution in [0.1, 0.15) is 41.6 Å². The summed E-state index contributed by atoms with van der Waals surface area (Å²) < 4.78 is 0. The van der Waals surface area contributed by atoms with Gasteiger partial charge >= 0.3 is 0 Å². The smallest absolute Gasteiger partial charge is 0.248 e. The third-order valence-corrected chi connectivity index (χ3v) is 5.35. The lowest BCUT2D eigenvalue weighted by atomic mass is 9.86. The Hall–Kier alpha value is -2.75. The highest BCUT2D eigenvalue weighted by molar-refractivity contribution is 5.97. The molecule has 0 bridgehead atoms. The van der Waals surface area contributed by atoms with E-state index in [2.05, 4.69) is 53.2 Å². The Balaban J connectivity index is 1.56. The molecule has 4 nitrogen and oxygen atoms in total. The summed E-state index contributed by atoms with van der Waals surface area (Å²) in [5.41, 5.74) is 8.42. The van der Waals surface area contributed by atoms with E-state index >= 15 is 0 Å². The molecule has 3 aromatic rings. The molecule has 1 amide bonds. The molecule has 0 spiro atoms. The highest BCUT2D eigenvalue weighted by Gasteiger charge is 2.27. The van der Waals surface area contributed by atoms with Gasteiger partial charge in [0, 0.05) is 29.1 Å². The molecule has 4 rings (SSSR count). The lowest BCUT2D eigenvalue weighted by molar-refractivity contribution is 0.100. The Bertz CT molecular complexity index is 900. The average Bonchev–Trinajstić information content (AvgIpc) is 3.05. The summed E-state index contributed by atoms with van der Waals surface area (Å²) in [7, 11) is 0. The second kappa shape index (κ2) is 6.28. The van der Waals surface area contributed by atoms with Crippen molar-refractivity contribution in [2.24, 2.45) is 5.73 Å². The minimum absolute atomic E-state index is 0.387. The number of H-pyrrole nitrogens is 1. The lowest BCUT2D eigenvalue weighted by Crippen LogP contribution is -2.40. The van der Waals surface area contributed by atoms with Gasteiger partial charge in [0.2, 0.25) is 5.91 Å². The van der Waals surface area contributed by atoms with Crippen molar-refractivity contribution in [2.75, 3.05) is 11.4 Å². The topological polar surface area (TPSA) is 62.1 Å². The van der Waals surface area contributed by atoms with Gasteiger partial charge in [-0.1, -0.05) is 30.3 Å². The van der Waals surface area contributed by atoms with Crippen LogP contribution in [0, 0.1) is 0 Å². The molecule has 1 aromatic heterocycles. The monoisotopic (exact) mass is 333 g/mol. The highest BCUT2D eigenvalue weighted by atomic mass is 16.1. The number of primary amides is 1. The van der Waals surface area contributed by atoms with Crippen LogP contribution in [-0.4, -0.2) is 23.5 Å². The Kier molecular flexibility index (Phi) is 3.96. The van der Waals surface area contributed by atoms with E-state index in [9.17, 15) is 4.79 Å². The summed E-state index contributed by atoms with van der Waals surface area (Å²) in [4.78, 5) is 17.3. The first-order chi connectivity index (χ1) is 12.1. The molecule has 1 saturated heterocycles. The first-order valence-corrected chi connectivity index (χ1v) is 8.86. The first kappa shape index (κ1) is 15.8. The average molecular weight is 333 g/mol. The van der Waals surface area contributed by atoms with Crippen molar-refractivity contribution in [2.45, 2.75) is 31.7 Å². The summed E-state index contributed by atoms with van der Waals surface area (Å²) in [6.45, 7) is 3.31. The molecule has 3 N–H and O–H groups in total. The van der Waals surface area contributed by atoms with Crippen LogP contribution in [0.2, 0.25) is 0 Å². The van der Waals surface area contributed by atoms with Gasteiger partial charge < -0.3 is 15.6 Å². The third kappa shape index (κ3) is 3.00. The van der Waals surface area contributed by atoms with E-state index in [0.29, 0.717) is 17.5 Å². The number of benzene rings is 2. The van der Waals surface area contributed by atoms with E-state index in [1.807, 2.05) is 12.1 Å². The number of nitrogens with two attached hydrogens (primary N) is 1. The third-order valence-electron chi connectivity index (χ3n) is 5.35. The molecule has 0 radical (unpaired) electrons. The number of amides is 1. The molecule has 0 unspecified atom stereocenters.